The summed E-state index contributed by atoms with van der Waals surface area (Å²) in [6.45, 7) is 7.51. The Balaban J connectivity index is 1.15. The Morgan fingerprint density at radius 1 is 1.05 bits per heavy atom. The van der Waals surface area contributed by atoms with Crippen LogP contribution in [-0.4, -0.2) is 53.8 Å². The van der Waals surface area contributed by atoms with Gasteiger partial charge >= 0.3 is 0 Å². The number of rotatable bonds is 8. The number of halogens is 2. The summed E-state index contributed by atoms with van der Waals surface area (Å²) >= 11 is 12.6. The molecular weight excluding hydrogens is 549 g/mol. The standard InChI is InChI=1S/C28H29Cl2N9O/c1-16(2)39-13-18(10-33-39)9-28(31)14-38(15-28)25-7-6-24(35-36-25)27-20-8-19(4-5-23(20)34-37-27)40-17(3)26-21(29)11-32-12-22(26)30/h4-8,10-13,16-17H,9,14-15,31H2,1-3H3,(H,34,37)/t17-/m1/s1. The van der Waals surface area contributed by atoms with Gasteiger partial charge in [0.2, 0.25) is 0 Å². The molecule has 4 aromatic heterocycles. The Morgan fingerprint density at radius 3 is 2.50 bits per heavy atom. The summed E-state index contributed by atoms with van der Waals surface area (Å²) < 4.78 is 8.14. The summed E-state index contributed by atoms with van der Waals surface area (Å²) in [6.07, 6.45) is 7.47. The first kappa shape index (κ1) is 26.5. The van der Waals surface area contributed by atoms with Crippen LogP contribution < -0.4 is 15.4 Å². The monoisotopic (exact) mass is 577 g/mol. The van der Waals surface area contributed by atoms with Gasteiger partial charge in [0.05, 0.1) is 27.3 Å². The van der Waals surface area contributed by atoms with E-state index >= 15 is 0 Å². The smallest absolute Gasteiger partial charge is 0.151 e. The molecular formula is C28H29Cl2N9O. The minimum Gasteiger partial charge on any atom is -0.486 e. The molecule has 0 unspecified atom stereocenters. The fourth-order valence-electron chi connectivity index (χ4n) is 5.10. The first-order chi connectivity index (χ1) is 19.2. The summed E-state index contributed by atoms with van der Waals surface area (Å²) in [5, 5.41) is 22.7. The van der Waals surface area contributed by atoms with Gasteiger partial charge < -0.3 is 15.4 Å². The minimum atomic E-state index is -0.382. The van der Waals surface area contributed by atoms with Gasteiger partial charge in [0.25, 0.3) is 0 Å². The van der Waals surface area contributed by atoms with E-state index < -0.39 is 0 Å². The van der Waals surface area contributed by atoms with E-state index in [4.69, 9.17) is 33.7 Å². The summed E-state index contributed by atoms with van der Waals surface area (Å²) in [5.41, 5.74) is 10.4. The normalized spacial score (nSPS) is 15.4. The summed E-state index contributed by atoms with van der Waals surface area (Å²) in [7, 11) is 0. The van der Waals surface area contributed by atoms with Crippen molar-refractivity contribution in [3.05, 3.63) is 76.3 Å². The molecule has 40 heavy (non-hydrogen) atoms. The van der Waals surface area contributed by atoms with Crippen molar-refractivity contribution in [3.8, 4) is 17.1 Å². The number of fused-ring (bicyclic) bond motifs is 1. The molecule has 1 atom stereocenters. The zero-order valence-corrected chi connectivity index (χ0v) is 23.9. The predicted molar refractivity (Wildman–Crippen MR) is 156 cm³/mol. The molecule has 206 valence electrons. The molecule has 10 nitrogen and oxygen atoms in total. The number of anilines is 1. The molecule has 12 heteroatoms. The van der Waals surface area contributed by atoms with Crippen LogP contribution >= 0.6 is 23.2 Å². The molecule has 1 fully saturated rings. The van der Waals surface area contributed by atoms with E-state index in [1.807, 2.05) is 48.1 Å². The van der Waals surface area contributed by atoms with Crippen LogP contribution in [0.25, 0.3) is 22.3 Å². The Morgan fingerprint density at radius 2 is 1.82 bits per heavy atom. The highest BCUT2D eigenvalue weighted by molar-refractivity contribution is 6.35. The first-order valence-electron chi connectivity index (χ1n) is 13.0. The lowest BCUT2D eigenvalue weighted by Gasteiger charge is -2.48. The van der Waals surface area contributed by atoms with Gasteiger partial charge in [0.15, 0.2) is 5.82 Å². The number of H-pyrrole nitrogens is 1. The third-order valence-corrected chi connectivity index (χ3v) is 7.72. The molecule has 3 N–H and O–H groups in total. The quantitative estimate of drug-likeness (QED) is 0.251. The van der Waals surface area contributed by atoms with Crippen LogP contribution in [0.5, 0.6) is 5.75 Å². The molecule has 0 saturated carbocycles. The SMILES string of the molecule is CC(C)n1cc(CC2(N)CN(c3ccc(-c4n[nH]c5ccc(O[C@H](C)c6c(Cl)cncc6Cl)cc45)nn3)C2)cn1. The fourth-order valence-corrected chi connectivity index (χ4v) is 5.77. The molecule has 0 amide bonds. The van der Waals surface area contributed by atoms with E-state index in [-0.39, 0.29) is 11.6 Å². The zero-order valence-electron chi connectivity index (χ0n) is 22.3. The molecule has 0 bridgehead atoms. The summed E-state index contributed by atoms with van der Waals surface area (Å²) in [5.74, 6) is 1.43. The molecule has 1 aliphatic rings. The number of benzene rings is 1. The fraction of sp³-hybridized carbons (Fsp3) is 0.321. The number of aromatic amines is 1. The van der Waals surface area contributed by atoms with Gasteiger partial charge in [-0.15, -0.1) is 10.2 Å². The van der Waals surface area contributed by atoms with E-state index in [1.54, 1.807) is 12.4 Å². The van der Waals surface area contributed by atoms with Crippen molar-refractivity contribution >= 4 is 39.9 Å². The second-order valence-corrected chi connectivity index (χ2v) is 11.5. The lowest BCUT2D eigenvalue weighted by atomic mass is 9.85. The first-order valence-corrected chi connectivity index (χ1v) is 13.8. The van der Waals surface area contributed by atoms with Crippen molar-refractivity contribution in [2.45, 2.75) is 44.9 Å². The number of hydrogen-bond donors (Lipinski definition) is 2. The van der Waals surface area contributed by atoms with Crippen LogP contribution in [-0.2, 0) is 6.42 Å². The lowest BCUT2D eigenvalue weighted by Crippen LogP contribution is -2.68. The molecule has 5 heterocycles. The van der Waals surface area contributed by atoms with Gasteiger partial charge in [-0.2, -0.15) is 10.2 Å². The van der Waals surface area contributed by atoms with Gasteiger partial charge in [-0.25, -0.2) is 0 Å². The van der Waals surface area contributed by atoms with Crippen LogP contribution in [0.1, 0.15) is 44.0 Å². The van der Waals surface area contributed by atoms with Crippen LogP contribution in [0.4, 0.5) is 5.82 Å². The van der Waals surface area contributed by atoms with Crippen molar-refractivity contribution in [3.63, 3.8) is 0 Å². The van der Waals surface area contributed by atoms with Crippen molar-refractivity contribution in [2.24, 2.45) is 5.73 Å². The number of pyridine rings is 1. The van der Waals surface area contributed by atoms with Gasteiger partial charge in [-0.05, 0) is 63.1 Å². The molecule has 1 aromatic carbocycles. The molecule has 0 aliphatic carbocycles. The second-order valence-electron chi connectivity index (χ2n) is 10.7. The Kier molecular flexibility index (Phi) is 6.85. The maximum absolute atomic E-state index is 6.65. The number of nitrogens with zero attached hydrogens (tertiary/aromatic N) is 7. The molecule has 1 saturated heterocycles. The van der Waals surface area contributed by atoms with Crippen molar-refractivity contribution in [1.29, 1.82) is 0 Å². The van der Waals surface area contributed by atoms with Crippen LogP contribution in [0.2, 0.25) is 10.0 Å². The minimum absolute atomic E-state index is 0.318. The largest absolute Gasteiger partial charge is 0.486 e. The van der Waals surface area contributed by atoms with E-state index in [1.165, 1.54) is 0 Å². The Hall–Kier alpha value is -3.73. The number of nitrogens with two attached hydrogens (primary N) is 1. The zero-order chi connectivity index (χ0) is 28.0. The average molecular weight is 579 g/mol. The summed E-state index contributed by atoms with van der Waals surface area (Å²) in [4.78, 5) is 6.15. The molecule has 5 aromatic rings. The number of ether oxygens (including phenoxy) is 1. The maximum atomic E-state index is 6.65. The van der Waals surface area contributed by atoms with Gasteiger partial charge in [-0.1, -0.05) is 23.2 Å². The Bertz CT molecular complexity index is 1640. The lowest BCUT2D eigenvalue weighted by molar-refractivity contribution is 0.227. The van der Waals surface area contributed by atoms with Crippen LogP contribution in [0, 0.1) is 0 Å². The highest BCUT2D eigenvalue weighted by Gasteiger charge is 2.40. The molecule has 0 radical (unpaired) electrons. The van der Waals surface area contributed by atoms with Gasteiger partial charge in [0.1, 0.15) is 23.2 Å². The van der Waals surface area contributed by atoms with Crippen molar-refractivity contribution < 1.29 is 4.74 Å². The third-order valence-electron chi connectivity index (χ3n) is 7.11. The van der Waals surface area contributed by atoms with Gasteiger partial charge in [-0.3, -0.25) is 14.8 Å². The van der Waals surface area contributed by atoms with Crippen molar-refractivity contribution in [2.75, 3.05) is 18.0 Å². The second kappa shape index (κ2) is 10.3. The van der Waals surface area contributed by atoms with E-state index in [0.29, 0.717) is 51.9 Å². The predicted octanol–water partition coefficient (Wildman–Crippen LogP) is 5.40. The van der Waals surface area contributed by atoms with Crippen LogP contribution in [0.3, 0.4) is 0 Å². The number of hydrogen-bond acceptors (Lipinski definition) is 8. The number of nitrogens with one attached hydrogen (secondary N) is 1. The topological polar surface area (TPSA) is 124 Å². The summed E-state index contributed by atoms with van der Waals surface area (Å²) in [6, 6.07) is 9.91. The maximum Gasteiger partial charge on any atom is 0.151 e. The van der Waals surface area contributed by atoms with Crippen LogP contribution in [0.15, 0.2) is 55.1 Å². The van der Waals surface area contributed by atoms with Gasteiger partial charge in [0, 0.05) is 48.7 Å². The third kappa shape index (κ3) is 5.10. The molecule has 0 spiro atoms. The van der Waals surface area contributed by atoms with E-state index in [0.717, 1.165) is 28.7 Å². The highest BCUT2D eigenvalue weighted by Crippen LogP contribution is 2.35. The Labute approximate surface area is 241 Å². The number of aromatic nitrogens is 7. The van der Waals surface area contributed by atoms with E-state index in [9.17, 15) is 0 Å². The van der Waals surface area contributed by atoms with E-state index in [2.05, 4.69) is 55.4 Å². The molecule has 1 aliphatic heterocycles. The average Bonchev–Trinajstić information content (AvgIpc) is 3.54. The highest BCUT2D eigenvalue weighted by atomic mass is 35.5. The van der Waals surface area contributed by atoms with Crippen molar-refractivity contribution in [1.82, 2.24) is 35.2 Å². The molecule has 6 rings (SSSR count).